The van der Waals surface area contributed by atoms with Crippen LogP contribution in [0.1, 0.15) is 198 Å². The molecule has 40 nitrogen and oxygen atoms in total. The Kier molecular flexibility index (Phi) is 33.6. The van der Waals surface area contributed by atoms with E-state index in [1.807, 2.05) is 0 Å². The van der Waals surface area contributed by atoms with Crippen LogP contribution < -0.4 is 60.6 Å². The van der Waals surface area contributed by atoms with Gasteiger partial charge in [-0.3, -0.25) is 81.8 Å². The Hall–Kier alpha value is -12.9. The molecular formula is C97H122N14O26S2. The zero-order valence-electron chi connectivity index (χ0n) is 80.2. The van der Waals surface area contributed by atoms with Crippen LogP contribution in [-0.2, 0) is 89.7 Å². The lowest BCUT2D eigenvalue weighted by Crippen LogP contribution is -2.60. The van der Waals surface area contributed by atoms with Crippen LogP contribution in [0.4, 0.5) is 32.3 Å². The Labute approximate surface area is 815 Å². The number of unbranched alkanes of at least 4 members (excludes halogenated alkanes) is 2. The quantitative estimate of drug-likeness (QED) is 0.00866. The maximum Gasteiger partial charge on any atom is 0.416 e. The summed E-state index contributed by atoms with van der Waals surface area (Å²) in [4.78, 5) is 223. The molecule has 5 unspecified atom stereocenters. The molecule has 8 aliphatic heterocycles. The van der Waals surface area contributed by atoms with Crippen LogP contribution in [0.3, 0.4) is 0 Å². The summed E-state index contributed by atoms with van der Waals surface area (Å²) >= 11 is 9.43. The molecule has 2 fully saturated rings. The van der Waals surface area contributed by atoms with Gasteiger partial charge in [0.25, 0.3) is 35.4 Å². The summed E-state index contributed by atoms with van der Waals surface area (Å²) in [6.45, 7) is 19.7. The zero-order valence-corrected chi connectivity index (χ0v) is 82.0. The van der Waals surface area contributed by atoms with Gasteiger partial charge in [-0.25, -0.2) is 19.4 Å². The molecule has 0 aromatic heterocycles. The van der Waals surface area contributed by atoms with E-state index in [0.717, 1.165) is 55.0 Å². The first-order valence-electron chi connectivity index (χ1n) is 46.2. The molecule has 8 aliphatic rings. The van der Waals surface area contributed by atoms with Crippen LogP contribution in [0.2, 0.25) is 0 Å². The Morgan fingerprint density at radius 2 is 0.914 bits per heavy atom. The average molecular weight is 1960 g/mol. The Balaban J connectivity index is 0.619. The van der Waals surface area contributed by atoms with Gasteiger partial charge in [0.05, 0.1) is 80.1 Å². The fraction of sp³-hybridized carbons (Fsp3) is 0.505. The van der Waals surface area contributed by atoms with Crippen LogP contribution in [0.5, 0.6) is 23.0 Å². The van der Waals surface area contributed by atoms with E-state index in [1.54, 1.807) is 130 Å². The second-order valence-electron chi connectivity index (χ2n) is 37.3. The average Bonchev–Trinajstić information content (AvgIpc) is 1.61. The molecule has 16 amide bonds. The van der Waals surface area contributed by atoms with Crippen LogP contribution in [0, 0.1) is 11.8 Å². The number of fused-ring (bicyclic) bond motifs is 4. The highest BCUT2D eigenvalue weighted by atomic mass is 32.1. The number of amides is 16. The molecule has 0 aliphatic carbocycles. The van der Waals surface area contributed by atoms with Gasteiger partial charge < -0.3 is 94.7 Å². The van der Waals surface area contributed by atoms with E-state index in [4.69, 9.17) is 50.5 Å². The number of ether oxygens (including phenoxy) is 8. The van der Waals surface area contributed by atoms with E-state index >= 15 is 0 Å². The number of thiol groups is 2. The highest BCUT2D eigenvalue weighted by molar-refractivity contribution is 7.81. The predicted octanol–water partition coefficient (Wildman–Crippen LogP) is 8.10. The minimum Gasteiger partial charge on any atom is -0.493 e. The van der Waals surface area contributed by atoms with E-state index < -0.39 is 171 Å². The molecule has 748 valence electrons. The van der Waals surface area contributed by atoms with Crippen molar-refractivity contribution < 1.29 is 125 Å². The highest BCUT2D eigenvalue weighted by Crippen LogP contribution is 2.46. The number of carbonyl (C=O) groups is 16. The normalized spacial score (nSPS) is 21.3. The third-order valence-electron chi connectivity index (χ3n) is 25.2. The third-order valence-corrected chi connectivity index (χ3v) is 26.1. The fourth-order valence-electron chi connectivity index (χ4n) is 17.7. The minimum atomic E-state index is -1.63. The number of carbonyl (C=O) groups excluding carboxylic acids is 16. The molecule has 0 radical (unpaired) electrons. The monoisotopic (exact) mass is 1960 g/mol. The maximum atomic E-state index is 14.6. The van der Waals surface area contributed by atoms with Gasteiger partial charge in [0.2, 0.25) is 47.3 Å². The molecule has 4 aromatic rings. The van der Waals surface area contributed by atoms with Gasteiger partial charge >= 0.3 is 12.2 Å². The smallest absolute Gasteiger partial charge is 0.416 e. The lowest BCUT2D eigenvalue weighted by Gasteiger charge is -2.42. The fourth-order valence-corrected chi connectivity index (χ4v) is 18.4. The van der Waals surface area contributed by atoms with Gasteiger partial charge in [0, 0.05) is 124 Å². The van der Waals surface area contributed by atoms with Crippen molar-refractivity contribution in [2.75, 3.05) is 74.2 Å². The van der Waals surface area contributed by atoms with Gasteiger partial charge in [0.1, 0.15) is 43.1 Å². The third kappa shape index (κ3) is 24.7. The Bertz CT molecular complexity index is 5200. The molecule has 0 bridgehead atoms. The minimum absolute atomic E-state index is 0.000244. The SMILES string of the molecule is COc1cc2c(cc1OCCCCCOc1cc3c(cc1OC)C(=O)N1C=C(C)C[C@H]1[C@H](O)N3C(=O)OCc1ccc(NC(=O)[C@H](C)NC(=O)C(C(C)C)N3C(=O)CCC3(C)OCCC(C)(S)NC(=O)CCN3C(=O)C=CC3=O)cc1)N(C(=O)OCc1ccc(NC(=O)C(C)NC(=O)[C@H](C(C)C)N3C(=O)CCC3(S)OCCC(C)(C)NC(=O)CCN3C(=O)C=CC3=O)cc1)[C@@H](O)[C@@H]1CC(C)=CN1C2=O. The van der Waals surface area contributed by atoms with Crippen LogP contribution in [0.15, 0.2) is 121 Å². The van der Waals surface area contributed by atoms with Crippen molar-refractivity contribution in [3.05, 3.63) is 143 Å². The summed E-state index contributed by atoms with van der Waals surface area (Å²) in [5, 5.41) is 39.5. The lowest BCUT2D eigenvalue weighted by atomic mass is 9.99. The van der Waals surface area contributed by atoms with Gasteiger partial charge in [-0.15, -0.1) is 12.6 Å². The second kappa shape index (κ2) is 44.5. The molecule has 2 saturated heterocycles. The van der Waals surface area contributed by atoms with Crippen molar-refractivity contribution in [2.24, 2.45) is 11.8 Å². The van der Waals surface area contributed by atoms with E-state index in [2.05, 4.69) is 44.5 Å². The van der Waals surface area contributed by atoms with Crippen molar-refractivity contribution in [1.29, 1.82) is 0 Å². The van der Waals surface area contributed by atoms with Crippen molar-refractivity contribution in [2.45, 2.75) is 250 Å². The van der Waals surface area contributed by atoms with Gasteiger partial charge in [-0.2, -0.15) is 12.6 Å². The molecule has 0 spiro atoms. The molecule has 8 heterocycles. The molecular weight excluding hydrogens is 1840 g/mol. The lowest BCUT2D eigenvalue weighted by molar-refractivity contribution is -0.173. The van der Waals surface area contributed by atoms with Crippen LogP contribution in [-0.4, -0.2) is 258 Å². The van der Waals surface area contributed by atoms with E-state index in [1.165, 1.54) is 71.9 Å². The number of rotatable bonds is 42. The summed E-state index contributed by atoms with van der Waals surface area (Å²) < 4.78 is 48.5. The Morgan fingerprint density at radius 1 is 0.511 bits per heavy atom. The summed E-state index contributed by atoms with van der Waals surface area (Å²) in [7, 11) is 2.77. The largest absolute Gasteiger partial charge is 0.493 e. The first-order valence-corrected chi connectivity index (χ1v) is 47.1. The number of anilines is 4. The zero-order chi connectivity index (χ0) is 101. The molecule has 8 N–H and O–H groups in total. The summed E-state index contributed by atoms with van der Waals surface area (Å²) in [6.07, 6.45) is 4.87. The number of likely N-dealkylation sites (tertiary alicyclic amines) is 2. The van der Waals surface area contributed by atoms with E-state index in [0.29, 0.717) is 41.8 Å². The number of methoxy groups -OCH3 is 2. The standard InChI is InChI=1S/C97H122N14O26S2/c1-54(2)82(110-80(118)30-34-96(110,12)136-43-37-95(11,138)103-75(113)33-39-105-78(116)28-29-79(105)117)86(122)98-58(7)84(120)100-62-22-18-60(19-23-62)52-134-92(128)108-66-48-72(70(130-13)46-64(66)88(124)106-50-56(5)44-68(106)90(108)126)132-40-16-15-17-41-133-73-49-67-65(47-71(73)131-14)89(125)107-51-57(6)45-69(107)91(127)109(67)93(129)135-53-61-20-24-63(25-21-61)101-85(121)59(8)99-87(123)83(55(3)4)111-81(119)31-35-97(111,139)137-42-36-94(9,10)102-74(112)32-38-104-76(114)26-27-77(104)115/h18-29,46-51,54-55,58-59,68-69,82-83,90-91,126-127,138-139H,15-17,30-45,52-53H2,1-14H3,(H,98,122)(H,99,123)(H,100,120)(H,101,121)(H,102,112)(H,103,113)/t58-,59?,68-,69-,82?,83-,90-,91-,95?,96?,97?/m0/s1. The van der Waals surface area contributed by atoms with E-state index in [9.17, 15) is 86.9 Å². The summed E-state index contributed by atoms with van der Waals surface area (Å²) in [5.41, 5.74) is 0.922. The number of aliphatic hydroxyl groups excluding tert-OH is 2. The van der Waals surface area contributed by atoms with Gasteiger partial charge in [-0.1, -0.05) is 63.1 Å². The predicted molar refractivity (Wildman–Crippen MR) is 510 cm³/mol. The summed E-state index contributed by atoms with van der Waals surface area (Å²) in [5.74, 6) is -7.51. The number of benzene rings is 4. The molecule has 12 rings (SSSR count). The number of nitrogens with one attached hydrogen (secondary N) is 6. The molecule has 42 heteroatoms. The molecule has 4 aromatic carbocycles. The highest BCUT2D eigenvalue weighted by Gasteiger charge is 2.54. The van der Waals surface area contributed by atoms with Gasteiger partial charge in [0.15, 0.2) is 40.5 Å². The second-order valence-corrected chi connectivity index (χ2v) is 39.0. The van der Waals surface area contributed by atoms with Gasteiger partial charge in [-0.05, 0) is 153 Å². The topological polar surface area (TPSA) is 486 Å². The number of hydrogen-bond acceptors (Lipinski definition) is 28. The van der Waals surface area contributed by atoms with Crippen molar-refractivity contribution >= 4 is 143 Å². The number of hydrogen-bond donors (Lipinski definition) is 10. The number of aliphatic hydroxyl groups is 2. The first-order chi connectivity index (χ1) is 65.7. The maximum absolute atomic E-state index is 14.6. The Morgan fingerprint density at radius 3 is 1.34 bits per heavy atom. The number of nitrogens with zero attached hydrogens (tertiary/aromatic N) is 8. The first kappa shape index (κ1) is 105. The van der Waals surface area contributed by atoms with Crippen LogP contribution >= 0.6 is 25.3 Å². The van der Waals surface area contributed by atoms with Crippen molar-refractivity contribution in [3.63, 3.8) is 0 Å². The van der Waals surface area contributed by atoms with Crippen molar-refractivity contribution in [3.8, 4) is 23.0 Å². The van der Waals surface area contributed by atoms with E-state index in [-0.39, 0.29) is 168 Å². The van der Waals surface area contributed by atoms with Crippen molar-refractivity contribution in [1.82, 2.24) is 50.7 Å². The molecule has 0 saturated carbocycles. The molecule has 11 atom stereocenters. The summed E-state index contributed by atoms with van der Waals surface area (Å²) in [6, 6.07) is 12.0. The number of imide groups is 2. The molecule has 139 heavy (non-hydrogen) atoms. The van der Waals surface area contributed by atoms with Crippen LogP contribution in [0.25, 0.3) is 0 Å².